The molecule has 1 unspecified atom stereocenters. The Morgan fingerprint density at radius 3 is 2.92 bits per heavy atom. The zero-order chi connectivity index (χ0) is 18.5. The minimum atomic E-state index is -0.323. The number of thioether (sulfide) groups is 1. The summed E-state index contributed by atoms with van der Waals surface area (Å²) in [5.41, 5.74) is 6.69. The number of para-hydroxylation sites is 2. The second-order valence-corrected chi connectivity index (χ2v) is 6.77. The number of nitrogens with zero attached hydrogens (tertiary/aromatic N) is 2. The van der Waals surface area contributed by atoms with Crippen molar-refractivity contribution in [3.63, 3.8) is 0 Å². The lowest BCUT2D eigenvalue weighted by Crippen LogP contribution is -2.34. The lowest BCUT2D eigenvalue weighted by molar-refractivity contribution is -0.120. The van der Waals surface area contributed by atoms with Crippen molar-refractivity contribution in [2.75, 3.05) is 12.3 Å². The molecule has 1 amide bonds. The topological polar surface area (TPSA) is 127 Å². The highest BCUT2D eigenvalue weighted by Crippen LogP contribution is 2.28. The van der Waals surface area contributed by atoms with E-state index in [-0.39, 0.29) is 22.5 Å². The first-order chi connectivity index (χ1) is 12.5. The third-order valence-corrected chi connectivity index (χ3v) is 4.86. The highest BCUT2D eigenvalue weighted by molar-refractivity contribution is 8.00. The number of aromatic nitrogens is 3. The number of oxazole rings is 1. The number of carbonyl (C=O) groups is 1. The predicted molar refractivity (Wildman–Crippen MR) is 99.9 cm³/mol. The van der Waals surface area contributed by atoms with Crippen LogP contribution in [0.25, 0.3) is 11.1 Å². The number of nitrogens with two attached hydrogens (primary N) is 1. The van der Waals surface area contributed by atoms with E-state index in [0.717, 1.165) is 5.52 Å². The molecule has 3 aromatic rings. The number of nitrogens with one attached hydrogen (secondary N) is 2. The molecule has 8 nitrogen and oxygen atoms in total. The van der Waals surface area contributed by atoms with E-state index in [1.165, 1.54) is 17.8 Å². The van der Waals surface area contributed by atoms with Gasteiger partial charge < -0.3 is 20.5 Å². The summed E-state index contributed by atoms with van der Waals surface area (Å²) in [6.07, 6.45) is 1.01. The van der Waals surface area contributed by atoms with Crippen LogP contribution in [0.15, 0.2) is 44.8 Å². The number of carbonyl (C=O) groups excluding carboxylic acids is 1. The Balaban J connectivity index is 1.57. The average molecular weight is 373 g/mol. The Morgan fingerprint density at radius 1 is 1.38 bits per heavy atom. The summed E-state index contributed by atoms with van der Waals surface area (Å²) in [4.78, 5) is 34.8. The van der Waals surface area contributed by atoms with Crippen molar-refractivity contribution >= 4 is 34.6 Å². The first kappa shape index (κ1) is 18.0. The molecule has 26 heavy (non-hydrogen) atoms. The molecule has 1 aromatic carbocycles. The van der Waals surface area contributed by atoms with Crippen LogP contribution in [-0.2, 0) is 11.2 Å². The number of hydrogen-bond acceptors (Lipinski definition) is 7. The van der Waals surface area contributed by atoms with Gasteiger partial charge in [-0.05, 0) is 18.6 Å². The molecule has 2 heterocycles. The van der Waals surface area contributed by atoms with E-state index in [0.29, 0.717) is 36.0 Å². The first-order valence-corrected chi connectivity index (χ1v) is 9.08. The summed E-state index contributed by atoms with van der Waals surface area (Å²) < 4.78 is 5.66. The molecule has 0 aliphatic heterocycles. The van der Waals surface area contributed by atoms with E-state index in [1.54, 1.807) is 0 Å². The van der Waals surface area contributed by atoms with Crippen LogP contribution in [0.2, 0.25) is 0 Å². The normalized spacial score (nSPS) is 12.2. The van der Waals surface area contributed by atoms with E-state index in [2.05, 4.69) is 20.3 Å². The fourth-order valence-corrected chi connectivity index (χ4v) is 3.30. The molecule has 2 aromatic heterocycles. The monoisotopic (exact) mass is 373 g/mol. The van der Waals surface area contributed by atoms with Gasteiger partial charge in [0, 0.05) is 19.0 Å². The number of aromatic amines is 1. The minimum Gasteiger partial charge on any atom is -0.431 e. The van der Waals surface area contributed by atoms with E-state index < -0.39 is 0 Å². The van der Waals surface area contributed by atoms with Gasteiger partial charge in [0.05, 0.1) is 5.25 Å². The molecule has 0 fully saturated rings. The van der Waals surface area contributed by atoms with Gasteiger partial charge in [0.1, 0.15) is 17.2 Å². The van der Waals surface area contributed by atoms with Crippen LogP contribution in [0.5, 0.6) is 0 Å². The van der Waals surface area contributed by atoms with Crippen molar-refractivity contribution in [3.05, 3.63) is 46.5 Å². The third-order valence-electron chi connectivity index (χ3n) is 3.65. The van der Waals surface area contributed by atoms with Gasteiger partial charge in [0.2, 0.25) is 5.91 Å². The third kappa shape index (κ3) is 4.42. The summed E-state index contributed by atoms with van der Waals surface area (Å²) in [6.45, 7) is 2.27. The highest BCUT2D eigenvalue weighted by atomic mass is 32.2. The summed E-state index contributed by atoms with van der Waals surface area (Å²) in [6, 6.07) is 8.68. The molecule has 1 atom stereocenters. The van der Waals surface area contributed by atoms with Gasteiger partial charge in [0.25, 0.3) is 10.8 Å². The summed E-state index contributed by atoms with van der Waals surface area (Å²) in [5, 5.41) is 2.99. The van der Waals surface area contributed by atoms with Crippen molar-refractivity contribution in [1.29, 1.82) is 0 Å². The highest BCUT2D eigenvalue weighted by Gasteiger charge is 2.20. The fraction of sp³-hybridized carbons (Fsp3) is 0.294. The van der Waals surface area contributed by atoms with E-state index >= 15 is 0 Å². The van der Waals surface area contributed by atoms with Crippen molar-refractivity contribution in [2.24, 2.45) is 0 Å². The van der Waals surface area contributed by atoms with Crippen LogP contribution < -0.4 is 16.6 Å². The Kier molecular flexibility index (Phi) is 5.57. The van der Waals surface area contributed by atoms with Crippen LogP contribution in [0.4, 0.5) is 5.82 Å². The van der Waals surface area contributed by atoms with Gasteiger partial charge in [-0.3, -0.25) is 9.59 Å². The summed E-state index contributed by atoms with van der Waals surface area (Å²) in [7, 11) is 0. The number of fused-ring (bicyclic) bond motifs is 1. The molecule has 0 aliphatic rings. The summed E-state index contributed by atoms with van der Waals surface area (Å²) in [5.74, 6) is 0.481. The molecule has 0 saturated heterocycles. The maximum atomic E-state index is 12.4. The Hall–Kier alpha value is -2.81. The van der Waals surface area contributed by atoms with E-state index in [1.807, 2.05) is 31.2 Å². The molecule has 136 valence electrons. The maximum Gasteiger partial charge on any atom is 0.257 e. The van der Waals surface area contributed by atoms with Gasteiger partial charge in [0.15, 0.2) is 5.58 Å². The van der Waals surface area contributed by atoms with E-state index in [4.69, 9.17) is 10.2 Å². The second kappa shape index (κ2) is 8.05. The second-order valence-electron chi connectivity index (χ2n) is 5.62. The molecule has 0 bridgehead atoms. The molecule has 4 N–H and O–H groups in total. The number of nitrogen functional groups attached to an aromatic ring is 1. The number of amides is 1. The number of rotatable bonds is 7. The van der Waals surface area contributed by atoms with Gasteiger partial charge >= 0.3 is 0 Å². The predicted octanol–water partition coefficient (Wildman–Crippen LogP) is 1.72. The van der Waals surface area contributed by atoms with Gasteiger partial charge in [-0.15, -0.1) is 0 Å². The van der Waals surface area contributed by atoms with Crippen LogP contribution >= 0.6 is 11.8 Å². The Labute approximate surface area is 153 Å². The van der Waals surface area contributed by atoms with Crippen molar-refractivity contribution in [2.45, 2.75) is 30.2 Å². The standard InChI is InChI=1S/C17H19N5O3S/c1-2-12(26-17-20-10-5-3-4-6-11(10)25-17)16(24)19-8-7-14-21-13(18)9-15(23)22-14/h3-6,9,12H,2,7-8H2,1H3,(H,19,24)(H3,18,21,22,23). The van der Waals surface area contributed by atoms with Crippen LogP contribution in [0.3, 0.4) is 0 Å². The molecule has 0 aliphatic carbocycles. The summed E-state index contributed by atoms with van der Waals surface area (Å²) >= 11 is 1.29. The average Bonchev–Trinajstić information content (AvgIpc) is 3.01. The zero-order valence-electron chi connectivity index (χ0n) is 14.2. The smallest absolute Gasteiger partial charge is 0.257 e. The molecule has 0 spiro atoms. The molecule has 9 heteroatoms. The quantitative estimate of drug-likeness (QED) is 0.538. The molecule has 0 radical (unpaired) electrons. The lowest BCUT2D eigenvalue weighted by atomic mass is 10.3. The SMILES string of the molecule is CCC(Sc1nc2ccccc2o1)C(=O)NCCc1nc(N)cc(=O)[nH]1. The molecule has 0 saturated carbocycles. The Bertz CT molecular complexity index is 935. The van der Waals surface area contributed by atoms with Gasteiger partial charge in [-0.2, -0.15) is 0 Å². The lowest BCUT2D eigenvalue weighted by Gasteiger charge is -2.12. The van der Waals surface area contributed by atoms with Gasteiger partial charge in [-0.25, -0.2) is 9.97 Å². The van der Waals surface area contributed by atoms with Crippen LogP contribution in [-0.4, -0.2) is 32.7 Å². The van der Waals surface area contributed by atoms with Crippen LogP contribution in [0.1, 0.15) is 19.2 Å². The maximum absolute atomic E-state index is 12.4. The van der Waals surface area contributed by atoms with E-state index in [9.17, 15) is 9.59 Å². The van der Waals surface area contributed by atoms with Crippen molar-refractivity contribution in [1.82, 2.24) is 20.3 Å². The molecular formula is C17H19N5O3S. The molecular weight excluding hydrogens is 354 g/mol. The van der Waals surface area contributed by atoms with Crippen molar-refractivity contribution < 1.29 is 9.21 Å². The van der Waals surface area contributed by atoms with Crippen molar-refractivity contribution in [3.8, 4) is 0 Å². The molecule has 3 rings (SSSR count). The van der Waals surface area contributed by atoms with Gasteiger partial charge in [-0.1, -0.05) is 30.8 Å². The Morgan fingerprint density at radius 2 is 2.19 bits per heavy atom. The zero-order valence-corrected chi connectivity index (χ0v) is 15.0. The number of anilines is 1. The first-order valence-electron chi connectivity index (χ1n) is 8.21. The number of benzene rings is 1. The fourth-order valence-electron chi connectivity index (χ4n) is 2.41. The number of hydrogen-bond donors (Lipinski definition) is 3. The largest absolute Gasteiger partial charge is 0.431 e. The minimum absolute atomic E-state index is 0.119. The number of H-pyrrole nitrogens is 1. The van der Waals surface area contributed by atoms with Crippen LogP contribution in [0, 0.1) is 0 Å².